The normalized spacial score (nSPS) is 15.5. The van der Waals surface area contributed by atoms with Crippen LogP contribution >= 0.6 is 0 Å². The van der Waals surface area contributed by atoms with Crippen LogP contribution in [0.5, 0.6) is 0 Å². The summed E-state index contributed by atoms with van der Waals surface area (Å²) in [6, 6.07) is 14.6. The molecule has 2 aromatic carbocycles. The number of hydrogen-bond acceptors (Lipinski definition) is 5. The minimum atomic E-state index is -3.76. The Morgan fingerprint density at radius 3 is 2.25 bits per heavy atom. The first-order valence-corrected chi connectivity index (χ1v) is 11.1. The summed E-state index contributed by atoms with van der Waals surface area (Å²) in [5.74, 6) is 0.729. The quantitative estimate of drug-likeness (QED) is 0.664. The van der Waals surface area contributed by atoms with Gasteiger partial charge in [-0.15, -0.1) is 0 Å². The van der Waals surface area contributed by atoms with E-state index >= 15 is 0 Å². The third-order valence-corrected chi connectivity index (χ3v) is 6.38. The van der Waals surface area contributed by atoms with E-state index in [0.29, 0.717) is 11.3 Å². The molecule has 7 heteroatoms. The van der Waals surface area contributed by atoms with Crippen molar-refractivity contribution >= 4 is 32.7 Å². The molecular formula is C21H24N4O2S. The van der Waals surface area contributed by atoms with Crippen LogP contribution in [0.25, 0.3) is 11.0 Å². The topological polar surface area (TPSA) is 84.0 Å². The molecule has 2 N–H and O–H groups in total. The summed E-state index contributed by atoms with van der Waals surface area (Å²) >= 11 is 0. The summed E-state index contributed by atoms with van der Waals surface area (Å²) in [6.45, 7) is 1.87. The molecule has 1 aliphatic carbocycles. The molecule has 0 atom stereocenters. The van der Waals surface area contributed by atoms with Crippen LogP contribution in [0.1, 0.15) is 37.7 Å². The number of fused-ring (bicyclic) bond motifs is 1. The summed E-state index contributed by atoms with van der Waals surface area (Å²) in [5, 5.41) is 3.43. The first-order valence-electron chi connectivity index (χ1n) is 9.64. The first kappa shape index (κ1) is 18.7. The van der Waals surface area contributed by atoms with Crippen molar-refractivity contribution < 1.29 is 8.42 Å². The van der Waals surface area contributed by atoms with Crippen molar-refractivity contribution in [2.45, 2.75) is 50.0 Å². The Labute approximate surface area is 165 Å². The highest BCUT2D eigenvalue weighted by molar-refractivity contribution is 7.92. The van der Waals surface area contributed by atoms with Crippen molar-refractivity contribution in [3.05, 3.63) is 54.1 Å². The van der Waals surface area contributed by atoms with Gasteiger partial charge in [0.1, 0.15) is 0 Å². The van der Waals surface area contributed by atoms with E-state index in [0.717, 1.165) is 23.9 Å². The van der Waals surface area contributed by atoms with Crippen molar-refractivity contribution in [3.63, 3.8) is 0 Å². The standard InChI is InChI=1S/C21H24N4O2S/c1-15-8-7-11-17(14-15)28(26,27)25-21-20(22-16-9-3-2-4-10-16)23-18-12-5-6-13-19(18)24-21/h5-8,11-14,16H,2-4,9-10H2,1H3,(H,22,23)(H,24,25). The number of rotatable bonds is 5. The molecule has 0 amide bonds. The highest BCUT2D eigenvalue weighted by atomic mass is 32.2. The van der Waals surface area contributed by atoms with Gasteiger partial charge in [-0.3, -0.25) is 4.72 Å². The molecule has 28 heavy (non-hydrogen) atoms. The molecule has 0 saturated heterocycles. The molecule has 1 saturated carbocycles. The van der Waals surface area contributed by atoms with E-state index in [1.165, 1.54) is 19.3 Å². The fraction of sp³-hybridized carbons (Fsp3) is 0.333. The van der Waals surface area contributed by atoms with Crippen LogP contribution in [0.2, 0.25) is 0 Å². The molecule has 1 aliphatic rings. The van der Waals surface area contributed by atoms with Gasteiger partial charge in [0, 0.05) is 6.04 Å². The Balaban J connectivity index is 1.72. The summed E-state index contributed by atoms with van der Waals surface area (Å²) in [6.07, 6.45) is 5.69. The van der Waals surface area contributed by atoms with Crippen molar-refractivity contribution in [2.75, 3.05) is 10.0 Å². The van der Waals surface area contributed by atoms with E-state index in [1.807, 2.05) is 37.3 Å². The Kier molecular flexibility index (Phi) is 5.17. The van der Waals surface area contributed by atoms with Gasteiger partial charge in [0.15, 0.2) is 11.6 Å². The highest BCUT2D eigenvalue weighted by Gasteiger charge is 2.21. The lowest BCUT2D eigenvalue weighted by molar-refractivity contribution is 0.462. The van der Waals surface area contributed by atoms with Crippen LogP contribution in [0.15, 0.2) is 53.4 Å². The summed E-state index contributed by atoms with van der Waals surface area (Å²) in [4.78, 5) is 9.44. The van der Waals surface area contributed by atoms with Crippen LogP contribution < -0.4 is 10.0 Å². The SMILES string of the molecule is Cc1cccc(S(=O)(=O)Nc2nc3ccccc3nc2NC2CCCCC2)c1. The maximum absolute atomic E-state index is 12.9. The molecule has 1 heterocycles. The van der Waals surface area contributed by atoms with Gasteiger partial charge in [-0.2, -0.15) is 0 Å². The average Bonchev–Trinajstić information content (AvgIpc) is 2.69. The zero-order chi connectivity index (χ0) is 19.6. The van der Waals surface area contributed by atoms with E-state index in [9.17, 15) is 8.42 Å². The van der Waals surface area contributed by atoms with Crippen LogP contribution in [0.3, 0.4) is 0 Å². The second-order valence-electron chi connectivity index (χ2n) is 7.31. The number of nitrogens with one attached hydrogen (secondary N) is 2. The number of aryl methyl sites for hydroxylation is 1. The molecule has 1 fully saturated rings. The monoisotopic (exact) mass is 396 g/mol. The van der Waals surface area contributed by atoms with Gasteiger partial charge in [0.05, 0.1) is 15.9 Å². The number of para-hydroxylation sites is 2. The summed E-state index contributed by atoms with van der Waals surface area (Å²) in [7, 11) is -3.76. The number of hydrogen-bond donors (Lipinski definition) is 2. The second-order valence-corrected chi connectivity index (χ2v) is 8.99. The van der Waals surface area contributed by atoms with E-state index < -0.39 is 10.0 Å². The minimum absolute atomic E-state index is 0.214. The Hall–Kier alpha value is -2.67. The van der Waals surface area contributed by atoms with Crippen molar-refractivity contribution in [1.82, 2.24) is 9.97 Å². The van der Waals surface area contributed by atoms with Crippen LogP contribution in [0.4, 0.5) is 11.6 Å². The third-order valence-electron chi connectivity index (χ3n) is 5.05. The lowest BCUT2D eigenvalue weighted by Gasteiger charge is -2.24. The lowest BCUT2D eigenvalue weighted by atomic mass is 9.95. The first-order chi connectivity index (χ1) is 13.5. The Morgan fingerprint density at radius 1 is 0.893 bits per heavy atom. The second kappa shape index (κ2) is 7.75. The van der Waals surface area contributed by atoms with E-state index in [-0.39, 0.29) is 16.8 Å². The molecule has 4 rings (SSSR count). The molecule has 0 radical (unpaired) electrons. The van der Waals surface area contributed by atoms with Crippen molar-refractivity contribution in [3.8, 4) is 0 Å². The van der Waals surface area contributed by atoms with Gasteiger partial charge >= 0.3 is 0 Å². The summed E-state index contributed by atoms with van der Waals surface area (Å²) in [5.41, 5.74) is 2.27. The molecule has 6 nitrogen and oxygen atoms in total. The fourth-order valence-corrected chi connectivity index (χ4v) is 4.69. The molecule has 3 aromatic rings. The molecule has 1 aromatic heterocycles. The Bertz CT molecular complexity index is 1090. The zero-order valence-electron chi connectivity index (χ0n) is 15.9. The summed E-state index contributed by atoms with van der Waals surface area (Å²) < 4.78 is 28.5. The largest absolute Gasteiger partial charge is 0.364 e. The smallest absolute Gasteiger partial charge is 0.263 e. The van der Waals surface area contributed by atoms with E-state index in [1.54, 1.807) is 18.2 Å². The minimum Gasteiger partial charge on any atom is -0.364 e. The number of sulfonamides is 1. The van der Waals surface area contributed by atoms with Gasteiger partial charge in [-0.1, -0.05) is 43.5 Å². The molecular weight excluding hydrogens is 372 g/mol. The number of anilines is 2. The molecule has 0 unspecified atom stereocenters. The van der Waals surface area contributed by atoms with Crippen molar-refractivity contribution in [2.24, 2.45) is 0 Å². The predicted molar refractivity (Wildman–Crippen MR) is 112 cm³/mol. The number of nitrogens with zero attached hydrogens (tertiary/aromatic N) is 2. The predicted octanol–water partition coefficient (Wildman–Crippen LogP) is 4.48. The molecule has 0 bridgehead atoms. The maximum atomic E-state index is 12.9. The zero-order valence-corrected chi connectivity index (χ0v) is 16.7. The van der Waals surface area contributed by atoms with Crippen LogP contribution in [-0.4, -0.2) is 24.4 Å². The van der Waals surface area contributed by atoms with Gasteiger partial charge in [0.25, 0.3) is 10.0 Å². The third kappa shape index (κ3) is 4.09. The van der Waals surface area contributed by atoms with Crippen LogP contribution in [-0.2, 0) is 10.0 Å². The van der Waals surface area contributed by atoms with E-state index in [2.05, 4.69) is 20.0 Å². The Morgan fingerprint density at radius 2 is 1.57 bits per heavy atom. The van der Waals surface area contributed by atoms with Crippen LogP contribution in [0, 0.1) is 6.92 Å². The fourth-order valence-electron chi connectivity index (χ4n) is 3.58. The van der Waals surface area contributed by atoms with Gasteiger partial charge in [0.2, 0.25) is 0 Å². The molecule has 0 spiro atoms. The maximum Gasteiger partial charge on any atom is 0.263 e. The number of aromatic nitrogens is 2. The number of benzene rings is 2. The molecule has 0 aliphatic heterocycles. The van der Waals surface area contributed by atoms with E-state index in [4.69, 9.17) is 0 Å². The molecule has 146 valence electrons. The van der Waals surface area contributed by atoms with Gasteiger partial charge < -0.3 is 5.32 Å². The van der Waals surface area contributed by atoms with Crippen molar-refractivity contribution in [1.29, 1.82) is 0 Å². The lowest BCUT2D eigenvalue weighted by Crippen LogP contribution is -2.25. The van der Waals surface area contributed by atoms with Gasteiger partial charge in [-0.25, -0.2) is 18.4 Å². The van der Waals surface area contributed by atoms with Gasteiger partial charge in [-0.05, 0) is 49.6 Å². The average molecular weight is 397 g/mol. The highest BCUT2D eigenvalue weighted by Crippen LogP contribution is 2.28.